The number of hydrogen-bond donors (Lipinski definition) is 2. The molecule has 0 unspecified atom stereocenters. The van der Waals surface area contributed by atoms with Crippen LogP contribution in [-0.2, 0) is 4.79 Å². The molecule has 2 rings (SSSR count). The third-order valence-corrected chi connectivity index (χ3v) is 5.64. The number of amides is 1. The van der Waals surface area contributed by atoms with Gasteiger partial charge in [0.2, 0.25) is 5.91 Å². The zero-order chi connectivity index (χ0) is 14.0. The number of rotatable bonds is 4. The smallest absolute Gasteiger partial charge is 0.245 e. The van der Waals surface area contributed by atoms with Gasteiger partial charge in [0.1, 0.15) is 4.75 Å². The number of nitrogens with zero attached hydrogens (tertiary/aromatic N) is 1. The molecule has 2 N–H and O–H groups in total. The first-order valence-corrected chi connectivity index (χ1v) is 8.03. The molecule has 5 heteroatoms. The molecule has 4 atom stereocenters. The lowest BCUT2D eigenvalue weighted by molar-refractivity contribution is -0.123. The van der Waals surface area contributed by atoms with E-state index in [2.05, 4.69) is 17.2 Å². The number of hydrogen-bond acceptors (Lipinski definition) is 4. The Balaban J connectivity index is 1.97. The second-order valence-electron chi connectivity index (χ2n) is 5.90. The van der Waals surface area contributed by atoms with Crippen LogP contribution in [0, 0.1) is 5.92 Å². The van der Waals surface area contributed by atoms with Crippen LogP contribution in [0.15, 0.2) is 4.99 Å². The first-order valence-electron chi connectivity index (χ1n) is 7.22. The van der Waals surface area contributed by atoms with Crippen molar-refractivity contribution in [2.75, 3.05) is 0 Å². The number of aliphatic imine (C=N–C) groups is 1. The van der Waals surface area contributed by atoms with Gasteiger partial charge in [0.25, 0.3) is 0 Å². The highest BCUT2D eigenvalue weighted by atomic mass is 32.2. The summed E-state index contributed by atoms with van der Waals surface area (Å²) in [7, 11) is 0. The zero-order valence-corrected chi connectivity index (χ0v) is 12.8. The van der Waals surface area contributed by atoms with Crippen LogP contribution in [0.2, 0.25) is 0 Å². The number of thioether (sulfide) groups is 1. The van der Waals surface area contributed by atoms with Crippen LogP contribution in [0.25, 0.3) is 0 Å². The number of nitrogens with one attached hydrogen (secondary N) is 1. The van der Waals surface area contributed by atoms with E-state index in [1.54, 1.807) is 13.8 Å². The minimum absolute atomic E-state index is 0.130. The third-order valence-electron chi connectivity index (χ3n) is 4.29. The van der Waals surface area contributed by atoms with Gasteiger partial charge in [-0.1, -0.05) is 31.5 Å². The summed E-state index contributed by atoms with van der Waals surface area (Å²) in [5.74, 6) is 0.666. The topological polar surface area (TPSA) is 61.7 Å². The fourth-order valence-corrected chi connectivity index (χ4v) is 3.89. The second-order valence-corrected chi connectivity index (χ2v) is 7.33. The van der Waals surface area contributed by atoms with Gasteiger partial charge >= 0.3 is 0 Å². The highest BCUT2D eigenvalue weighted by Gasteiger charge is 2.46. The van der Waals surface area contributed by atoms with Gasteiger partial charge in [-0.3, -0.25) is 9.79 Å². The molecule has 0 spiro atoms. The number of carbonyl (C=O) groups is 1. The molecule has 1 amide bonds. The monoisotopic (exact) mass is 284 g/mol. The van der Waals surface area contributed by atoms with Crippen molar-refractivity contribution in [3.05, 3.63) is 0 Å². The van der Waals surface area contributed by atoms with E-state index in [0.29, 0.717) is 11.2 Å². The number of carbonyl (C=O) groups excluding carboxylic acids is 1. The maximum Gasteiger partial charge on any atom is 0.245 e. The number of aliphatic hydroxyl groups is 1. The Bertz CT molecular complexity index is 384. The summed E-state index contributed by atoms with van der Waals surface area (Å²) in [4.78, 5) is 16.6. The van der Waals surface area contributed by atoms with E-state index in [1.165, 1.54) is 31.0 Å². The van der Waals surface area contributed by atoms with Crippen molar-refractivity contribution < 1.29 is 9.90 Å². The van der Waals surface area contributed by atoms with Crippen molar-refractivity contribution in [3.63, 3.8) is 0 Å². The number of amidine groups is 1. The maximum absolute atomic E-state index is 11.9. The van der Waals surface area contributed by atoms with Crippen molar-refractivity contribution in [1.82, 2.24) is 5.32 Å². The van der Waals surface area contributed by atoms with Crippen molar-refractivity contribution in [1.29, 1.82) is 0 Å². The Hall–Kier alpha value is -0.550. The van der Waals surface area contributed by atoms with Crippen LogP contribution < -0.4 is 5.32 Å². The Morgan fingerprint density at radius 2 is 2.32 bits per heavy atom. The molecule has 1 saturated heterocycles. The predicted molar refractivity (Wildman–Crippen MR) is 79.3 cm³/mol. The molecule has 1 heterocycles. The molecule has 0 aromatic carbocycles. The first kappa shape index (κ1) is 14.9. The van der Waals surface area contributed by atoms with Gasteiger partial charge in [-0.25, -0.2) is 0 Å². The Morgan fingerprint density at radius 3 is 2.89 bits per heavy atom. The molecule has 1 aliphatic heterocycles. The SMILES string of the molecule is CCC[C@@H]1CC[C@@H](N=C2NC(=O)[C@@](C)([C@H](C)O)S2)C1. The molecule has 1 saturated carbocycles. The molecule has 1 aliphatic carbocycles. The van der Waals surface area contributed by atoms with Crippen LogP contribution in [0.1, 0.15) is 52.9 Å². The molecule has 19 heavy (non-hydrogen) atoms. The van der Waals surface area contributed by atoms with Gasteiger partial charge in [0, 0.05) is 0 Å². The van der Waals surface area contributed by atoms with Crippen LogP contribution in [0.4, 0.5) is 0 Å². The summed E-state index contributed by atoms with van der Waals surface area (Å²) in [6.45, 7) is 5.65. The summed E-state index contributed by atoms with van der Waals surface area (Å²) in [6.07, 6.45) is 5.35. The van der Waals surface area contributed by atoms with Crippen molar-refractivity contribution in [3.8, 4) is 0 Å². The van der Waals surface area contributed by atoms with Crippen LogP contribution >= 0.6 is 11.8 Å². The molecule has 0 aromatic rings. The minimum atomic E-state index is -0.791. The molecule has 0 bridgehead atoms. The summed E-state index contributed by atoms with van der Waals surface area (Å²) in [5.41, 5.74) is 0. The van der Waals surface area contributed by atoms with Gasteiger partial charge in [0.05, 0.1) is 12.1 Å². The molecule has 2 fully saturated rings. The minimum Gasteiger partial charge on any atom is -0.391 e. The molecular weight excluding hydrogens is 260 g/mol. The fraction of sp³-hybridized carbons (Fsp3) is 0.857. The molecule has 108 valence electrons. The summed E-state index contributed by atoms with van der Waals surface area (Å²) in [5, 5.41) is 13.2. The van der Waals surface area contributed by atoms with E-state index in [9.17, 15) is 9.90 Å². The third kappa shape index (κ3) is 3.14. The zero-order valence-electron chi connectivity index (χ0n) is 12.0. The summed E-state index contributed by atoms with van der Waals surface area (Å²) < 4.78 is -0.791. The lowest BCUT2D eigenvalue weighted by Gasteiger charge is -2.21. The Morgan fingerprint density at radius 1 is 1.58 bits per heavy atom. The maximum atomic E-state index is 11.9. The normalized spacial score (nSPS) is 38.7. The fourth-order valence-electron chi connectivity index (χ4n) is 2.83. The van der Waals surface area contributed by atoms with E-state index < -0.39 is 10.9 Å². The van der Waals surface area contributed by atoms with Crippen LogP contribution in [0.3, 0.4) is 0 Å². The molecule has 0 radical (unpaired) electrons. The lowest BCUT2D eigenvalue weighted by Crippen LogP contribution is -2.42. The van der Waals surface area contributed by atoms with Gasteiger partial charge in [0.15, 0.2) is 5.17 Å². The Kier molecular flexibility index (Phi) is 4.56. The average molecular weight is 284 g/mol. The first-order chi connectivity index (χ1) is 8.95. The van der Waals surface area contributed by atoms with E-state index >= 15 is 0 Å². The van der Waals surface area contributed by atoms with Gasteiger partial charge in [-0.05, 0) is 39.0 Å². The summed E-state index contributed by atoms with van der Waals surface area (Å²) in [6, 6.07) is 0.343. The van der Waals surface area contributed by atoms with Gasteiger partial charge in [-0.15, -0.1) is 0 Å². The molecule has 4 nitrogen and oxygen atoms in total. The van der Waals surface area contributed by atoms with Crippen LogP contribution in [-0.4, -0.2) is 33.1 Å². The molecule has 2 aliphatic rings. The van der Waals surface area contributed by atoms with E-state index in [4.69, 9.17) is 0 Å². The predicted octanol–water partition coefficient (Wildman–Crippen LogP) is 2.31. The largest absolute Gasteiger partial charge is 0.391 e. The second kappa shape index (κ2) is 5.83. The summed E-state index contributed by atoms with van der Waals surface area (Å²) >= 11 is 1.37. The average Bonchev–Trinajstić information content (AvgIpc) is 2.87. The lowest BCUT2D eigenvalue weighted by atomic mass is 10.0. The standard InChI is InChI=1S/C14H24N2O2S/c1-4-5-10-6-7-11(8-10)15-13-16-12(18)14(3,19-13)9(2)17/h9-11,17H,4-8H2,1-3H3,(H,15,16,18)/t9-,10+,11+,14+/m0/s1. The van der Waals surface area contributed by atoms with Crippen LogP contribution in [0.5, 0.6) is 0 Å². The molecular formula is C14H24N2O2S. The van der Waals surface area contributed by atoms with Crippen molar-refractivity contribution in [2.24, 2.45) is 10.9 Å². The van der Waals surface area contributed by atoms with E-state index in [-0.39, 0.29) is 5.91 Å². The van der Waals surface area contributed by atoms with E-state index in [1.807, 2.05) is 0 Å². The Labute approximate surface area is 119 Å². The quantitative estimate of drug-likeness (QED) is 0.833. The highest BCUT2D eigenvalue weighted by molar-refractivity contribution is 8.16. The van der Waals surface area contributed by atoms with Crippen molar-refractivity contribution in [2.45, 2.75) is 69.8 Å². The molecule has 0 aromatic heterocycles. The van der Waals surface area contributed by atoms with Gasteiger partial charge < -0.3 is 10.4 Å². The van der Waals surface area contributed by atoms with E-state index in [0.717, 1.165) is 18.8 Å². The highest BCUT2D eigenvalue weighted by Crippen LogP contribution is 2.37. The number of aliphatic hydroxyl groups excluding tert-OH is 1. The van der Waals surface area contributed by atoms with Crippen molar-refractivity contribution >= 4 is 22.8 Å². The van der Waals surface area contributed by atoms with Gasteiger partial charge in [-0.2, -0.15) is 0 Å².